The Labute approximate surface area is 202 Å². The van der Waals surface area contributed by atoms with Gasteiger partial charge in [0.2, 0.25) is 0 Å². The molecular formula is C25H30N2O4S2. The van der Waals surface area contributed by atoms with Crippen LogP contribution in [-0.4, -0.2) is 33.5 Å². The number of carbonyl (C=O) groups is 1. The average molecular weight is 487 g/mol. The Morgan fingerprint density at radius 2 is 2.06 bits per heavy atom. The molecule has 0 N–H and O–H groups in total. The first kappa shape index (κ1) is 24.0. The maximum Gasteiger partial charge on any atom is 0.316 e. The molecule has 1 atom stereocenters. The van der Waals surface area contributed by atoms with Crippen LogP contribution in [0.3, 0.4) is 0 Å². The third-order valence-corrected chi connectivity index (χ3v) is 8.08. The maximum absolute atomic E-state index is 13.8. The zero-order valence-corrected chi connectivity index (χ0v) is 21.0. The molecule has 6 nitrogen and oxygen atoms in total. The summed E-state index contributed by atoms with van der Waals surface area (Å²) >= 11 is 2.76. The molecule has 176 valence electrons. The van der Waals surface area contributed by atoms with Crippen LogP contribution in [0.5, 0.6) is 0 Å². The lowest BCUT2D eigenvalue weighted by Gasteiger charge is -2.32. The van der Waals surface area contributed by atoms with Gasteiger partial charge in [0.05, 0.1) is 35.6 Å². The monoisotopic (exact) mass is 486 g/mol. The van der Waals surface area contributed by atoms with Gasteiger partial charge in [-0.15, -0.1) is 11.3 Å². The normalized spacial score (nSPS) is 17.8. The Hall–Kier alpha value is -2.16. The van der Waals surface area contributed by atoms with Crippen molar-refractivity contribution in [1.29, 1.82) is 0 Å². The third-order valence-electron chi connectivity index (χ3n) is 6.07. The number of ether oxygens (including phenoxy) is 2. The molecule has 4 rings (SSSR count). The molecule has 0 saturated carbocycles. The molecule has 0 bridgehead atoms. The van der Waals surface area contributed by atoms with E-state index in [4.69, 9.17) is 14.5 Å². The van der Waals surface area contributed by atoms with E-state index in [0.29, 0.717) is 35.0 Å². The first-order valence-corrected chi connectivity index (χ1v) is 13.3. The molecule has 1 aromatic carbocycles. The van der Waals surface area contributed by atoms with E-state index in [0.717, 1.165) is 41.8 Å². The number of aromatic nitrogens is 2. The fourth-order valence-corrected chi connectivity index (χ4v) is 5.89. The standard InChI is InChI=1S/C25H30N2O4S2/c1-4-6-10-13-30-20(28)16-32-24-26-22-21(23(29)27(24)17-11-8-7-9-12-17)18-14-25(3,5-2)31-15-19(18)33-22/h7-9,11-12H,4-6,10,13-16H2,1-3H3/t25-/m0/s1. The molecule has 3 heterocycles. The highest BCUT2D eigenvalue weighted by Crippen LogP contribution is 2.39. The quantitative estimate of drug-likeness (QED) is 0.172. The van der Waals surface area contributed by atoms with Crippen LogP contribution in [0.4, 0.5) is 0 Å². The number of rotatable bonds is 9. The predicted octanol–water partition coefficient (Wildman–Crippen LogP) is 5.51. The number of esters is 1. The fraction of sp³-hybridized carbons (Fsp3) is 0.480. The lowest BCUT2D eigenvalue weighted by atomic mass is 9.90. The molecule has 0 saturated heterocycles. The first-order valence-electron chi connectivity index (χ1n) is 11.5. The largest absolute Gasteiger partial charge is 0.465 e. The van der Waals surface area contributed by atoms with Gasteiger partial charge in [-0.1, -0.05) is 56.7 Å². The number of thioether (sulfide) groups is 1. The number of nitrogens with zero attached hydrogens (tertiary/aromatic N) is 2. The van der Waals surface area contributed by atoms with Crippen molar-refractivity contribution in [1.82, 2.24) is 9.55 Å². The number of unbranched alkanes of at least 4 members (excludes halogenated alkanes) is 2. The number of fused-ring (bicyclic) bond motifs is 3. The predicted molar refractivity (Wildman–Crippen MR) is 134 cm³/mol. The van der Waals surface area contributed by atoms with E-state index >= 15 is 0 Å². The summed E-state index contributed by atoms with van der Waals surface area (Å²) in [5.74, 6) is -0.179. The minimum Gasteiger partial charge on any atom is -0.465 e. The summed E-state index contributed by atoms with van der Waals surface area (Å²) in [5.41, 5.74) is 1.42. The van der Waals surface area contributed by atoms with Crippen molar-refractivity contribution in [2.75, 3.05) is 12.4 Å². The van der Waals surface area contributed by atoms with Crippen molar-refractivity contribution in [3.63, 3.8) is 0 Å². The number of hydrogen-bond acceptors (Lipinski definition) is 7. The van der Waals surface area contributed by atoms with Crippen molar-refractivity contribution in [2.24, 2.45) is 0 Å². The summed E-state index contributed by atoms with van der Waals surface area (Å²) in [6.45, 7) is 7.24. The highest BCUT2D eigenvalue weighted by molar-refractivity contribution is 7.99. The Balaban J connectivity index is 1.71. The van der Waals surface area contributed by atoms with Crippen LogP contribution in [0.25, 0.3) is 15.9 Å². The van der Waals surface area contributed by atoms with Gasteiger partial charge in [0.15, 0.2) is 5.16 Å². The zero-order chi connectivity index (χ0) is 23.4. The topological polar surface area (TPSA) is 70.4 Å². The first-order chi connectivity index (χ1) is 16.0. The summed E-state index contributed by atoms with van der Waals surface area (Å²) in [6.07, 6.45) is 4.55. The minimum absolute atomic E-state index is 0.0946. The Morgan fingerprint density at radius 3 is 2.79 bits per heavy atom. The van der Waals surface area contributed by atoms with Gasteiger partial charge in [-0.25, -0.2) is 4.98 Å². The number of thiophene rings is 1. The van der Waals surface area contributed by atoms with Gasteiger partial charge in [-0.05, 0) is 37.5 Å². The summed E-state index contributed by atoms with van der Waals surface area (Å²) in [5, 5.41) is 1.18. The third kappa shape index (κ3) is 5.18. The smallest absolute Gasteiger partial charge is 0.316 e. The number of para-hydroxylation sites is 1. The number of carbonyl (C=O) groups excluding carboxylic acids is 1. The van der Waals surface area contributed by atoms with Crippen molar-refractivity contribution in [3.05, 3.63) is 51.1 Å². The Morgan fingerprint density at radius 1 is 1.27 bits per heavy atom. The van der Waals surface area contributed by atoms with Gasteiger partial charge in [0.1, 0.15) is 4.83 Å². The van der Waals surface area contributed by atoms with E-state index in [2.05, 4.69) is 20.8 Å². The Bertz CT molecular complexity index is 1190. The van der Waals surface area contributed by atoms with Crippen LogP contribution < -0.4 is 5.56 Å². The molecule has 0 spiro atoms. The fourth-order valence-electron chi connectivity index (χ4n) is 3.93. The molecule has 1 aliphatic heterocycles. The zero-order valence-electron chi connectivity index (χ0n) is 19.4. The molecule has 0 aliphatic carbocycles. The van der Waals surface area contributed by atoms with E-state index in [1.54, 1.807) is 4.57 Å². The average Bonchev–Trinajstić information content (AvgIpc) is 3.18. The maximum atomic E-state index is 13.8. The van der Waals surface area contributed by atoms with Crippen molar-refractivity contribution in [2.45, 2.75) is 70.2 Å². The van der Waals surface area contributed by atoms with Crippen LogP contribution in [-0.2, 0) is 27.3 Å². The number of benzene rings is 1. The van der Waals surface area contributed by atoms with Crippen LogP contribution in [0.1, 0.15) is 56.9 Å². The highest BCUT2D eigenvalue weighted by Gasteiger charge is 2.33. The van der Waals surface area contributed by atoms with Crippen molar-refractivity contribution in [3.8, 4) is 5.69 Å². The van der Waals surface area contributed by atoms with Gasteiger partial charge < -0.3 is 9.47 Å². The van der Waals surface area contributed by atoms with Crippen LogP contribution >= 0.6 is 23.1 Å². The SMILES string of the molecule is CCCCCOC(=O)CSc1nc2sc3c(c2c(=O)n1-c1ccccc1)C[C@](C)(CC)OC3. The van der Waals surface area contributed by atoms with Crippen LogP contribution in [0.2, 0.25) is 0 Å². The number of hydrogen-bond donors (Lipinski definition) is 0. The highest BCUT2D eigenvalue weighted by atomic mass is 32.2. The molecule has 8 heteroatoms. The van der Waals surface area contributed by atoms with Crippen molar-refractivity contribution >= 4 is 39.3 Å². The molecule has 33 heavy (non-hydrogen) atoms. The van der Waals surface area contributed by atoms with Gasteiger partial charge in [-0.3, -0.25) is 14.2 Å². The molecule has 2 aromatic heterocycles. The van der Waals surface area contributed by atoms with Crippen molar-refractivity contribution < 1.29 is 14.3 Å². The summed E-state index contributed by atoms with van der Waals surface area (Å²) < 4.78 is 13.1. The second-order valence-electron chi connectivity index (χ2n) is 8.54. The van der Waals surface area contributed by atoms with Gasteiger partial charge in [0.25, 0.3) is 5.56 Å². The molecule has 0 fully saturated rings. The molecule has 0 unspecified atom stereocenters. The van der Waals surface area contributed by atoms with E-state index in [1.165, 1.54) is 23.1 Å². The molecule has 1 aliphatic rings. The van der Waals surface area contributed by atoms with E-state index < -0.39 is 0 Å². The van der Waals surface area contributed by atoms with E-state index in [1.807, 2.05) is 30.3 Å². The molecule has 0 radical (unpaired) electrons. The van der Waals surface area contributed by atoms with E-state index in [9.17, 15) is 9.59 Å². The molecular weight excluding hydrogens is 456 g/mol. The summed E-state index contributed by atoms with van der Waals surface area (Å²) in [7, 11) is 0. The van der Waals surface area contributed by atoms with Gasteiger partial charge in [-0.2, -0.15) is 0 Å². The summed E-state index contributed by atoms with van der Waals surface area (Å²) in [6, 6.07) is 9.48. The second kappa shape index (κ2) is 10.4. The summed E-state index contributed by atoms with van der Waals surface area (Å²) in [4.78, 5) is 32.7. The minimum atomic E-state index is -0.289. The van der Waals surface area contributed by atoms with Gasteiger partial charge >= 0.3 is 5.97 Å². The Kier molecular flexibility index (Phi) is 7.56. The molecule has 0 amide bonds. The van der Waals surface area contributed by atoms with Crippen LogP contribution in [0.15, 0.2) is 40.3 Å². The lowest BCUT2D eigenvalue weighted by molar-refractivity contribution is -0.140. The molecule has 3 aromatic rings. The van der Waals surface area contributed by atoms with E-state index in [-0.39, 0.29) is 22.9 Å². The van der Waals surface area contributed by atoms with Crippen LogP contribution in [0, 0.1) is 0 Å². The lowest BCUT2D eigenvalue weighted by Crippen LogP contribution is -2.34. The van der Waals surface area contributed by atoms with Gasteiger partial charge in [0, 0.05) is 11.3 Å². The second-order valence-corrected chi connectivity index (χ2v) is 10.6.